The molecule has 0 aromatic heterocycles. The van der Waals surface area contributed by atoms with Crippen LogP contribution in [-0.4, -0.2) is 11.7 Å². The summed E-state index contributed by atoms with van der Waals surface area (Å²) in [7, 11) is 0. The molecule has 0 aliphatic heterocycles. The van der Waals surface area contributed by atoms with Crippen LogP contribution < -0.4 is 0 Å². The van der Waals surface area contributed by atoms with Gasteiger partial charge in [-0.3, -0.25) is 0 Å². The molecule has 1 heteroatoms. The van der Waals surface area contributed by atoms with E-state index in [-0.39, 0.29) is 0 Å². The Labute approximate surface area is 163 Å². The predicted octanol–water partition coefficient (Wildman–Crippen LogP) is 6.94. The smallest absolute Gasteiger partial charge is 0.0433 e. The standard InChI is InChI=1S/C25H46O/c1-17(2)7-6-8-18(3)23-11-12-24-22-10-9-20(14-16-26)19(4)21(22)13-15-25(23,24)5/h17-24,26H,6-16H2,1-5H3/t18-,19?,20?,21?,22?,23?,24?,25?/m1/s1. The van der Waals surface area contributed by atoms with Crippen molar-refractivity contribution in [3.63, 3.8) is 0 Å². The van der Waals surface area contributed by atoms with Crippen molar-refractivity contribution in [3.05, 3.63) is 0 Å². The van der Waals surface area contributed by atoms with Crippen LogP contribution in [0.25, 0.3) is 0 Å². The average molecular weight is 363 g/mol. The SMILES string of the molecule is CC(C)CCC[C@@H](C)C1CCC2C3CCC(CCO)C(C)C3CCC21C. The minimum atomic E-state index is 0.392. The molecule has 7 unspecified atom stereocenters. The van der Waals surface area contributed by atoms with Gasteiger partial charge in [0.1, 0.15) is 0 Å². The van der Waals surface area contributed by atoms with Crippen LogP contribution in [0.4, 0.5) is 0 Å². The van der Waals surface area contributed by atoms with E-state index in [1.165, 1.54) is 57.8 Å². The Bertz CT molecular complexity index is 443. The zero-order valence-electron chi connectivity index (χ0n) is 18.3. The number of fused-ring (bicyclic) bond motifs is 3. The van der Waals surface area contributed by atoms with E-state index in [1.807, 2.05) is 0 Å². The molecule has 8 atom stereocenters. The Morgan fingerprint density at radius 3 is 2.42 bits per heavy atom. The van der Waals surface area contributed by atoms with Gasteiger partial charge in [-0.15, -0.1) is 0 Å². The molecule has 0 amide bonds. The number of rotatable bonds is 7. The van der Waals surface area contributed by atoms with Crippen molar-refractivity contribution in [1.82, 2.24) is 0 Å². The van der Waals surface area contributed by atoms with Gasteiger partial charge in [0, 0.05) is 6.61 Å². The predicted molar refractivity (Wildman–Crippen MR) is 112 cm³/mol. The van der Waals surface area contributed by atoms with Gasteiger partial charge < -0.3 is 5.11 Å². The second-order valence-corrected chi connectivity index (χ2v) is 11.2. The summed E-state index contributed by atoms with van der Waals surface area (Å²) in [5.74, 6) is 7.33. The maximum absolute atomic E-state index is 9.42. The second kappa shape index (κ2) is 8.54. The molecule has 0 saturated heterocycles. The third kappa shape index (κ3) is 3.89. The highest BCUT2D eigenvalue weighted by atomic mass is 16.3. The molecule has 1 N–H and O–H groups in total. The van der Waals surface area contributed by atoms with Crippen molar-refractivity contribution in [2.24, 2.45) is 52.8 Å². The first-order valence-corrected chi connectivity index (χ1v) is 12.0. The lowest BCUT2D eigenvalue weighted by Gasteiger charge is -2.55. The Morgan fingerprint density at radius 1 is 0.962 bits per heavy atom. The van der Waals surface area contributed by atoms with Gasteiger partial charge in [-0.1, -0.05) is 53.9 Å². The Kier molecular flexibility index (Phi) is 6.80. The van der Waals surface area contributed by atoms with E-state index in [0.29, 0.717) is 12.0 Å². The zero-order valence-corrected chi connectivity index (χ0v) is 18.3. The zero-order chi connectivity index (χ0) is 18.9. The highest BCUT2D eigenvalue weighted by molar-refractivity contribution is 5.05. The molecule has 0 radical (unpaired) electrons. The summed E-state index contributed by atoms with van der Waals surface area (Å²) in [5.41, 5.74) is 0.627. The van der Waals surface area contributed by atoms with Crippen molar-refractivity contribution in [2.75, 3.05) is 6.61 Å². The van der Waals surface area contributed by atoms with E-state index >= 15 is 0 Å². The van der Waals surface area contributed by atoms with E-state index in [9.17, 15) is 5.11 Å². The highest BCUT2D eigenvalue weighted by Crippen LogP contribution is 2.64. The fraction of sp³-hybridized carbons (Fsp3) is 1.00. The lowest BCUT2D eigenvalue weighted by atomic mass is 9.50. The average Bonchev–Trinajstić information content (AvgIpc) is 2.94. The third-order valence-corrected chi connectivity index (χ3v) is 9.48. The summed E-state index contributed by atoms with van der Waals surface area (Å²) < 4.78 is 0. The molecule has 3 fully saturated rings. The van der Waals surface area contributed by atoms with E-state index in [2.05, 4.69) is 34.6 Å². The van der Waals surface area contributed by atoms with Gasteiger partial charge in [-0.25, -0.2) is 0 Å². The van der Waals surface area contributed by atoms with Crippen LogP contribution in [0.5, 0.6) is 0 Å². The molecule has 0 aromatic rings. The van der Waals surface area contributed by atoms with E-state index in [0.717, 1.165) is 53.8 Å². The molecular formula is C25H46O. The van der Waals surface area contributed by atoms with Gasteiger partial charge in [0.05, 0.1) is 0 Å². The molecule has 152 valence electrons. The van der Waals surface area contributed by atoms with E-state index < -0.39 is 0 Å². The molecule has 3 aliphatic carbocycles. The summed E-state index contributed by atoms with van der Waals surface area (Å²) in [6, 6.07) is 0. The minimum Gasteiger partial charge on any atom is -0.396 e. The molecule has 1 nitrogen and oxygen atoms in total. The number of hydrogen-bond acceptors (Lipinski definition) is 1. The van der Waals surface area contributed by atoms with Crippen LogP contribution >= 0.6 is 0 Å². The van der Waals surface area contributed by atoms with Gasteiger partial charge in [0.15, 0.2) is 0 Å². The van der Waals surface area contributed by atoms with Crippen molar-refractivity contribution >= 4 is 0 Å². The number of hydrogen-bond donors (Lipinski definition) is 1. The van der Waals surface area contributed by atoms with Crippen LogP contribution in [0.15, 0.2) is 0 Å². The monoisotopic (exact) mass is 362 g/mol. The maximum atomic E-state index is 9.42. The van der Waals surface area contributed by atoms with Gasteiger partial charge >= 0.3 is 0 Å². The molecule has 0 bridgehead atoms. The van der Waals surface area contributed by atoms with Crippen molar-refractivity contribution in [1.29, 1.82) is 0 Å². The number of aliphatic hydroxyl groups is 1. The van der Waals surface area contributed by atoms with Gasteiger partial charge in [0.2, 0.25) is 0 Å². The molecular weight excluding hydrogens is 316 g/mol. The summed E-state index contributed by atoms with van der Waals surface area (Å²) in [6.07, 6.45) is 14.1. The quantitative estimate of drug-likeness (QED) is 0.520. The molecule has 0 aromatic carbocycles. The fourth-order valence-corrected chi connectivity index (χ4v) is 8.00. The molecule has 3 aliphatic rings. The molecule has 0 heterocycles. The van der Waals surface area contributed by atoms with Crippen LogP contribution in [-0.2, 0) is 0 Å². The van der Waals surface area contributed by atoms with Crippen molar-refractivity contribution < 1.29 is 5.11 Å². The molecule has 26 heavy (non-hydrogen) atoms. The van der Waals surface area contributed by atoms with Crippen LogP contribution in [0, 0.1) is 52.8 Å². The lowest BCUT2D eigenvalue weighted by Crippen LogP contribution is -2.47. The normalized spacial score (nSPS) is 44.0. The summed E-state index contributed by atoms with van der Waals surface area (Å²) in [5, 5.41) is 9.42. The van der Waals surface area contributed by atoms with Crippen LogP contribution in [0.2, 0.25) is 0 Å². The third-order valence-electron chi connectivity index (χ3n) is 9.48. The first kappa shape index (κ1) is 20.7. The first-order chi connectivity index (χ1) is 12.4. The largest absolute Gasteiger partial charge is 0.396 e. The Hall–Kier alpha value is -0.0400. The summed E-state index contributed by atoms with van der Waals surface area (Å²) >= 11 is 0. The van der Waals surface area contributed by atoms with E-state index in [1.54, 1.807) is 0 Å². The highest BCUT2D eigenvalue weighted by Gasteiger charge is 2.56. The van der Waals surface area contributed by atoms with Gasteiger partial charge in [-0.2, -0.15) is 0 Å². The Balaban J connectivity index is 1.64. The van der Waals surface area contributed by atoms with Crippen molar-refractivity contribution in [3.8, 4) is 0 Å². The van der Waals surface area contributed by atoms with Gasteiger partial charge in [0.25, 0.3) is 0 Å². The minimum absolute atomic E-state index is 0.392. The topological polar surface area (TPSA) is 20.2 Å². The van der Waals surface area contributed by atoms with E-state index in [4.69, 9.17) is 0 Å². The molecule has 3 rings (SSSR count). The summed E-state index contributed by atoms with van der Waals surface area (Å²) in [4.78, 5) is 0. The maximum Gasteiger partial charge on any atom is 0.0433 e. The molecule has 3 saturated carbocycles. The second-order valence-electron chi connectivity index (χ2n) is 11.2. The fourth-order valence-electron chi connectivity index (χ4n) is 8.00. The van der Waals surface area contributed by atoms with Crippen molar-refractivity contribution in [2.45, 2.75) is 98.8 Å². The van der Waals surface area contributed by atoms with Crippen LogP contribution in [0.3, 0.4) is 0 Å². The Morgan fingerprint density at radius 2 is 1.73 bits per heavy atom. The molecule has 0 spiro atoms. The lowest BCUT2D eigenvalue weighted by molar-refractivity contribution is -0.0580. The summed E-state index contributed by atoms with van der Waals surface area (Å²) in [6.45, 7) is 12.9. The number of aliphatic hydroxyl groups excluding tert-OH is 1. The first-order valence-electron chi connectivity index (χ1n) is 12.0. The van der Waals surface area contributed by atoms with Crippen LogP contribution in [0.1, 0.15) is 98.8 Å². The van der Waals surface area contributed by atoms with Gasteiger partial charge in [-0.05, 0) is 97.7 Å².